The molecule has 0 bridgehead atoms. The summed E-state index contributed by atoms with van der Waals surface area (Å²) in [6, 6.07) is 0. The van der Waals surface area contributed by atoms with Crippen LogP contribution in [0.2, 0.25) is 0 Å². The van der Waals surface area contributed by atoms with E-state index in [9.17, 15) is 0 Å². The average molecular weight is 193 g/mol. The summed E-state index contributed by atoms with van der Waals surface area (Å²) in [4.78, 5) is 0. The van der Waals surface area contributed by atoms with Crippen LogP contribution in [0, 0.1) is 0 Å². The molecule has 2 atom stereocenters. The molecule has 0 aromatic rings. The molecule has 0 radical (unpaired) electrons. The summed E-state index contributed by atoms with van der Waals surface area (Å²) >= 11 is 0. The standard InChI is InChI=1S/C8H18O3P/c1-4-6-10-12(3)8(11-12)7-9-5-2/h8H,4-7H2,1-3H3/q+1. The van der Waals surface area contributed by atoms with Crippen LogP contribution in [0.15, 0.2) is 0 Å². The fraction of sp³-hybridized carbons (Fsp3) is 1.00. The van der Waals surface area contributed by atoms with E-state index >= 15 is 0 Å². The summed E-state index contributed by atoms with van der Waals surface area (Å²) in [5.74, 6) is 0.254. The quantitative estimate of drug-likeness (QED) is 0.479. The van der Waals surface area contributed by atoms with Crippen molar-refractivity contribution in [1.29, 1.82) is 0 Å². The highest BCUT2D eigenvalue weighted by atomic mass is 31.2. The number of hydrogen-bond acceptors (Lipinski definition) is 3. The Morgan fingerprint density at radius 1 is 1.42 bits per heavy atom. The third-order valence-electron chi connectivity index (χ3n) is 1.82. The van der Waals surface area contributed by atoms with Crippen molar-refractivity contribution in [2.45, 2.75) is 26.1 Å². The first-order valence-corrected chi connectivity index (χ1v) is 6.64. The van der Waals surface area contributed by atoms with Crippen LogP contribution in [0.5, 0.6) is 0 Å². The van der Waals surface area contributed by atoms with Crippen molar-refractivity contribution in [2.75, 3.05) is 26.5 Å². The molecule has 1 fully saturated rings. The van der Waals surface area contributed by atoms with Crippen LogP contribution >= 0.6 is 7.72 Å². The fourth-order valence-electron chi connectivity index (χ4n) is 0.985. The lowest BCUT2D eigenvalue weighted by molar-refractivity contribution is 0.128. The summed E-state index contributed by atoms with van der Waals surface area (Å²) < 4.78 is 16.3. The van der Waals surface area contributed by atoms with Gasteiger partial charge < -0.3 is 4.74 Å². The summed E-state index contributed by atoms with van der Waals surface area (Å²) in [5.41, 5.74) is 0. The van der Waals surface area contributed by atoms with E-state index in [1.165, 1.54) is 0 Å². The van der Waals surface area contributed by atoms with E-state index in [0.29, 0.717) is 6.61 Å². The molecular weight excluding hydrogens is 175 g/mol. The molecular formula is C8H18O3P+. The van der Waals surface area contributed by atoms with Gasteiger partial charge in [-0.3, -0.25) is 0 Å². The van der Waals surface area contributed by atoms with Gasteiger partial charge in [0.25, 0.3) is 5.85 Å². The number of ether oxygens (including phenoxy) is 1. The predicted molar refractivity (Wildman–Crippen MR) is 50.5 cm³/mol. The normalized spacial score (nSPS) is 33.8. The zero-order valence-corrected chi connectivity index (χ0v) is 8.97. The highest BCUT2D eigenvalue weighted by Crippen LogP contribution is 2.78. The second-order valence-electron chi connectivity index (χ2n) is 2.96. The summed E-state index contributed by atoms with van der Waals surface area (Å²) in [6.07, 6.45) is 1.06. The minimum Gasteiger partial charge on any atom is -0.375 e. The topological polar surface area (TPSA) is 31.0 Å². The molecule has 4 heteroatoms. The van der Waals surface area contributed by atoms with Gasteiger partial charge in [-0.25, -0.2) is 4.52 Å². The molecule has 0 N–H and O–H groups in total. The van der Waals surface area contributed by atoms with Crippen molar-refractivity contribution in [1.82, 2.24) is 0 Å². The molecule has 0 aromatic heterocycles. The minimum absolute atomic E-state index is 0.254. The largest absolute Gasteiger partial charge is 0.375 e. The van der Waals surface area contributed by atoms with Gasteiger partial charge in [0.1, 0.15) is 13.3 Å². The Bertz CT molecular complexity index is 142. The lowest BCUT2D eigenvalue weighted by atomic mass is 10.5. The lowest BCUT2D eigenvalue weighted by Crippen LogP contribution is -2.01. The van der Waals surface area contributed by atoms with E-state index < -0.39 is 7.72 Å². The first kappa shape index (κ1) is 10.4. The molecule has 12 heavy (non-hydrogen) atoms. The number of hydrogen-bond donors (Lipinski definition) is 0. The van der Waals surface area contributed by atoms with Crippen molar-refractivity contribution in [3.05, 3.63) is 0 Å². The van der Waals surface area contributed by atoms with Crippen LogP contribution < -0.4 is 0 Å². The molecule has 1 aliphatic rings. The van der Waals surface area contributed by atoms with Crippen LogP contribution in [0.1, 0.15) is 20.3 Å². The molecule has 1 rings (SSSR count). The van der Waals surface area contributed by atoms with Gasteiger partial charge >= 0.3 is 7.72 Å². The van der Waals surface area contributed by atoms with Gasteiger partial charge in [0.2, 0.25) is 0 Å². The van der Waals surface area contributed by atoms with Crippen molar-refractivity contribution in [2.24, 2.45) is 0 Å². The maximum Gasteiger partial charge on any atom is 0.313 e. The maximum atomic E-state index is 5.61. The summed E-state index contributed by atoms with van der Waals surface area (Å²) in [7, 11) is -1.45. The van der Waals surface area contributed by atoms with Crippen LogP contribution in [0.3, 0.4) is 0 Å². The van der Waals surface area contributed by atoms with E-state index in [-0.39, 0.29) is 5.85 Å². The smallest absolute Gasteiger partial charge is 0.313 e. The van der Waals surface area contributed by atoms with Gasteiger partial charge in [-0.05, 0) is 13.3 Å². The van der Waals surface area contributed by atoms with Gasteiger partial charge in [-0.15, -0.1) is 0 Å². The third-order valence-corrected chi connectivity index (χ3v) is 4.29. The Morgan fingerprint density at radius 3 is 2.75 bits per heavy atom. The Morgan fingerprint density at radius 2 is 2.17 bits per heavy atom. The van der Waals surface area contributed by atoms with Crippen LogP contribution in [0.4, 0.5) is 0 Å². The highest BCUT2D eigenvalue weighted by molar-refractivity contribution is 7.72. The van der Waals surface area contributed by atoms with E-state index in [0.717, 1.165) is 19.6 Å². The van der Waals surface area contributed by atoms with E-state index in [4.69, 9.17) is 13.8 Å². The van der Waals surface area contributed by atoms with Crippen LogP contribution in [-0.4, -0.2) is 32.3 Å². The molecule has 0 aliphatic carbocycles. The molecule has 3 nitrogen and oxygen atoms in total. The second-order valence-corrected chi connectivity index (χ2v) is 5.82. The molecule has 1 heterocycles. The van der Waals surface area contributed by atoms with Crippen molar-refractivity contribution >= 4 is 7.72 Å². The zero-order chi connectivity index (χ0) is 9.03. The van der Waals surface area contributed by atoms with Crippen LogP contribution in [-0.2, 0) is 13.8 Å². The Hall–Kier alpha value is 0.310. The minimum atomic E-state index is -1.45. The summed E-state index contributed by atoms with van der Waals surface area (Å²) in [5, 5.41) is 0. The number of rotatable bonds is 6. The molecule has 72 valence electrons. The van der Waals surface area contributed by atoms with Crippen molar-refractivity contribution in [3.8, 4) is 0 Å². The molecule has 1 saturated heterocycles. The molecule has 0 amide bonds. The Balaban J connectivity index is 2.10. The van der Waals surface area contributed by atoms with E-state index in [1.807, 2.05) is 6.92 Å². The SMILES string of the molecule is CCCO[P+]1(C)OC1COCC. The molecule has 1 aliphatic heterocycles. The average Bonchev–Trinajstić information content (AvgIpc) is 2.71. The van der Waals surface area contributed by atoms with Gasteiger partial charge in [0.05, 0.1) is 6.61 Å². The van der Waals surface area contributed by atoms with Gasteiger partial charge in [0.15, 0.2) is 0 Å². The molecule has 2 unspecified atom stereocenters. The Kier molecular flexibility index (Phi) is 3.91. The third kappa shape index (κ3) is 2.67. The van der Waals surface area contributed by atoms with E-state index in [1.54, 1.807) is 0 Å². The fourth-order valence-corrected chi connectivity index (χ4v) is 3.02. The molecule has 0 spiro atoms. The summed E-state index contributed by atoms with van der Waals surface area (Å²) in [6.45, 7) is 8.44. The predicted octanol–water partition coefficient (Wildman–Crippen LogP) is 2.28. The first-order chi connectivity index (χ1) is 5.73. The second kappa shape index (κ2) is 4.52. The maximum absolute atomic E-state index is 5.61. The van der Waals surface area contributed by atoms with Gasteiger partial charge in [-0.1, -0.05) is 6.92 Å². The zero-order valence-electron chi connectivity index (χ0n) is 8.08. The first-order valence-electron chi connectivity index (χ1n) is 4.49. The Labute approximate surface area is 74.9 Å². The lowest BCUT2D eigenvalue weighted by Gasteiger charge is -1.97. The molecule has 0 saturated carbocycles. The van der Waals surface area contributed by atoms with Crippen molar-refractivity contribution in [3.63, 3.8) is 0 Å². The van der Waals surface area contributed by atoms with Crippen LogP contribution in [0.25, 0.3) is 0 Å². The van der Waals surface area contributed by atoms with Gasteiger partial charge in [0, 0.05) is 6.61 Å². The van der Waals surface area contributed by atoms with Gasteiger partial charge in [-0.2, -0.15) is 4.52 Å². The van der Waals surface area contributed by atoms with E-state index in [2.05, 4.69) is 13.6 Å². The highest BCUT2D eigenvalue weighted by Gasteiger charge is 2.66. The van der Waals surface area contributed by atoms with Crippen molar-refractivity contribution < 1.29 is 13.8 Å². The molecule has 0 aromatic carbocycles. The monoisotopic (exact) mass is 193 g/mol.